The van der Waals surface area contributed by atoms with E-state index in [0.29, 0.717) is 23.6 Å². The van der Waals surface area contributed by atoms with E-state index in [0.717, 1.165) is 31.2 Å². The predicted octanol–water partition coefficient (Wildman–Crippen LogP) is 4.37. The van der Waals surface area contributed by atoms with E-state index >= 15 is 0 Å². The number of carbonyl (C=O) groups excluding carboxylic acids is 1. The van der Waals surface area contributed by atoms with Gasteiger partial charge in [0.25, 0.3) is 0 Å². The van der Waals surface area contributed by atoms with Gasteiger partial charge in [0, 0.05) is 6.92 Å². The molecule has 1 atom stereocenters. The van der Waals surface area contributed by atoms with Crippen LogP contribution < -0.4 is 10.6 Å². The smallest absolute Gasteiger partial charge is 0.234 e. The van der Waals surface area contributed by atoms with Gasteiger partial charge in [-0.1, -0.05) is 70.0 Å². The molecule has 1 unspecified atom stereocenters. The normalized spacial score (nSPS) is 17.1. The van der Waals surface area contributed by atoms with Gasteiger partial charge in [0.1, 0.15) is 0 Å². The summed E-state index contributed by atoms with van der Waals surface area (Å²) in [4.78, 5) is 17.2. The number of rotatable bonds is 8. The molecular formula is C23H34N4O2. The zero-order chi connectivity index (χ0) is 21.0. The van der Waals surface area contributed by atoms with Gasteiger partial charge in [0.2, 0.25) is 11.8 Å². The van der Waals surface area contributed by atoms with Crippen molar-refractivity contribution in [1.29, 1.82) is 0 Å². The summed E-state index contributed by atoms with van der Waals surface area (Å²) in [5, 5.41) is 10.8. The first-order valence-electron chi connectivity index (χ1n) is 10.8. The van der Waals surface area contributed by atoms with E-state index in [1.54, 1.807) is 6.92 Å². The second kappa shape index (κ2) is 9.08. The van der Waals surface area contributed by atoms with Gasteiger partial charge in [-0.3, -0.25) is 10.1 Å². The Morgan fingerprint density at radius 2 is 1.72 bits per heavy atom. The number of nitrogens with one attached hydrogen (secondary N) is 2. The van der Waals surface area contributed by atoms with Gasteiger partial charge in [-0.2, -0.15) is 4.98 Å². The Bertz CT molecular complexity index is 805. The van der Waals surface area contributed by atoms with Crippen molar-refractivity contribution in [2.75, 3.05) is 6.54 Å². The van der Waals surface area contributed by atoms with E-state index < -0.39 is 0 Å². The van der Waals surface area contributed by atoms with Crippen molar-refractivity contribution in [1.82, 2.24) is 20.8 Å². The van der Waals surface area contributed by atoms with Crippen molar-refractivity contribution in [3.05, 3.63) is 47.1 Å². The topological polar surface area (TPSA) is 80.0 Å². The maximum absolute atomic E-state index is 12.8. The lowest BCUT2D eigenvalue weighted by atomic mass is 9.93. The lowest BCUT2D eigenvalue weighted by Crippen LogP contribution is -2.47. The molecule has 1 fully saturated rings. The maximum Gasteiger partial charge on any atom is 0.234 e. The van der Waals surface area contributed by atoms with E-state index in [2.05, 4.69) is 72.7 Å². The van der Waals surface area contributed by atoms with Gasteiger partial charge in [-0.05, 0) is 35.8 Å². The third-order valence-corrected chi connectivity index (χ3v) is 5.95. The van der Waals surface area contributed by atoms with Crippen molar-refractivity contribution < 1.29 is 9.32 Å². The van der Waals surface area contributed by atoms with Crippen LogP contribution in [0.5, 0.6) is 0 Å². The first-order chi connectivity index (χ1) is 13.8. The molecule has 1 aromatic carbocycles. The van der Waals surface area contributed by atoms with Crippen LogP contribution in [0.2, 0.25) is 0 Å². The third kappa shape index (κ3) is 5.04. The molecule has 3 rings (SSSR count). The number of aryl methyl sites for hydroxylation is 1. The molecule has 0 radical (unpaired) electrons. The van der Waals surface area contributed by atoms with Crippen molar-refractivity contribution in [3.8, 4) is 0 Å². The first kappa shape index (κ1) is 21.5. The molecule has 0 aliphatic heterocycles. The highest BCUT2D eigenvalue weighted by molar-refractivity contribution is 5.78. The first-order valence-corrected chi connectivity index (χ1v) is 10.8. The molecule has 6 nitrogen and oxygen atoms in total. The average molecular weight is 399 g/mol. The number of aromatic nitrogens is 2. The molecular weight excluding hydrogens is 364 g/mol. The summed E-state index contributed by atoms with van der Waals surface area (Å²) in [6.07, 6.45) is 4.03. The molecule has 158 valence electrons. The standard InChI is InChI=1S/C23H34N4O2/c1-15(2)18-8-10-19(11-9-18)21(16(3)4)26-20(28)14-24-23(12-6-7-13-23)22-25-17(5)29-27-22/h8-11,15-16,21,24H,6-7,12-14H2,1-5H3,(H,26,28). The summed E-state index contributed by atoms with van der Waals surface area (Å²) in [6, 6.07) is 8.57. The van der Waals surface area contributed by atoms with Crippen molar-refractivity contribution in [2.24, 2.45) is 5.92 Å². The fourth-order valence-electron chi connectivity index (χ4n) is 4.15. The second-order valence-corrected chi connectivity index (χ2v) is 8.89. The number of benzene rings is 1. The highest BCUT2D eigenvalue weighted by atomic mass is 16.5. The lowest BCUT2D eigenvalue weighted by molar-refractivity contribution is -0.121. The number of hydrogen-bond donors (Lipinski definition) is 2. The summed E-state index contributed by atoms with van der Waals surface area (Å²) in [6.45, 7) is 10.7. The van der Waals surface area contributed by atoms with Crippen LogP contribution >= 0.6 is 0 Å². The van der Waals surface area contributed by atoms with Crippen LogP contribution in [0.15, 0.2) is 28.8 Å². The molecule has 1 heterocycles. The van der Waals surface area contributed by atoms with Crippen LogP contribution in [-0.4, -0.2) is 22.6 Å². The monoisotopic (exact) mass is 398 g/mol. The highest BCUT2D eigenvalue weighted by Crippen LogP contribution is 2.37. The zero-order valence-electron chi connectivity index (χ0n) is 18.3. The predicted molar refractivity (Wildman–Crippen MR) is 113 cm³/mol. The number of nitrogens with zero attached hydrogens (tertiary/aromatic N) is 2. The summed E-state index contributed by atoms with van der Waals surface area (Å²) < 4.78 is 5.19. The molecule has 1 aliphatic rings. The van der Waals surface area contributed by atoms with Crippen LogP contribution in [0.3, 0.4) is 0 Å². The van der Waals surface area contributed by atoms with Gasteiger partial charge in [0.05, 0.1) is 18.1 Å². The second-order valence-electron chi connectivity index (χ2n) is 8.89. The lowest BCUT2D eigenvalue weighted by Gasteiger charge is -2.28. The molecule has 2 aromatic rings. The quantitative estimate of drug-likeness (QED) is 0.690. The molecule has 0 bridgehead atoms. The molecule has 1 aromatic heterocycles. The maximum atomic E-state index is 12.8. The van der Waals surface area contributed by atoms with Crippen molar-refractivity contribution in [2.45, 2.75) is 77.8 Å². The van der Waals surface area contributed by atoms with E-state index in [-0.39, 0.29) is 24.0 Å². The summed E-state index contributed by atoms with van der Waals surface area (Å²) in [5.41, 5.74) is 2.09. The van der Waals surface area contributed by atoms with E-state index in [1.807, 2.05) is 0 Å². The Labute approximate surface area is 173 Å². The van der Waals surface area contributed by atoms with Crippen LogP contribution in [0.4, 0.5) is 0 Å². The minimum absolute atomic E-state index is 0.0110. The minimum Gasteiger partial charge on any atom is -0.348 e. The average Bonchev–Trinajstić information content (AvgIpc) is 3.34. The van der Waals surface area contributed by atoms with Crippen molar-refractivity contribution in [3.63, 3.8) is 0 Å². The van der Waals surface area contributed by atoms with Crippen molar-refractivity contribution >= 4 is 5.91 Å². The molecule has 29 heavy (non-hydrogen) atoms. The zero-order valence-corrected chi connectivity index (χ0v) is 18.3. The summed E-state index contributed by atoms with van der Waals surface area (Å²) in [7, 11) is 0. The number of hydrogen-bond acceptors (Lipinski definition) is 5. The van der Waals surface area contributed by atoms with Gasteiger partial charge in [-0.15, -0.1) is 0 Å². The van der Waals surface area contributed by atoms with Gasteiger partial charge >= 0.3 is 0 Å². The molecule has 6 heteroatoms. The van der Waals surface area contributed by atoms with Gasteiger partial charge < -0.3 is 9.84 Å². The Balaban J connectivity index is 1.66. The van der Waals surface area contributed by atoms with Crippen LogP contribution in [0.1, 0.15) is 88.2 Å². The molecule has 1 amide bonds. The molecule has 1 aliphatic carbocycles. The minimum atomic E-state index is -0.360. The number of amides is 1. The molecule has 0 spiro atoms. The van der Waals surface area contributed by atoms with E-state index in [4.69, 9.17) is 4.52 Å². The van der Waals surface area contributed by atoms with Gasteiger partial charge in [0.15, 0.2) is 5.82 Å². The van der Waals surface area contributed by atoms with Crippen LogP contribution in [0.25, 0.3) is 0 Å². The SMILES string of the molecule is Cc1nc(C2(NCC(=O)NC(c3ccc(C(C)C)cc3)C(C)C)CCCC2)no1. The van der Waals surface area contributed by atoms with E-state index in [1.165, 1.54) is 5.56 Å². The van der Waals surface area contributed by atoms with Crippen LogP contribution in [-0.2, 0) is 10.3 Å². The summed E-state index contributed by atoms with van der Waals surface area (Å²) in [5.74, 6) is 2.01. The Morgan fingerprint density at radius 1 is 1.10 bits per heavy atom. The Morgan fingerprint density at radius 3 is 2.24 bits per heavy atom. The highest BCUT2D eigenvalue weighted by Gasteiger charge is 2.40. The third-order valence-electron chi connectivity index (χ3n) is 5.95. The summed E-state index contributed by atoms with van der Waals surface area (Å²) >= 11 is 0. The number of carbonyl (C=O) groups is 1. The Kier molecular flexibility index (Phi) is 6.73. The van der Waals surface area contributed by atoms with Gasteiger partial charge in [-0.25, -0.2) is 0 Å². The largest absolute Gasteiger partial charge is 0.348 e. The Hall–Kier alpha value is -2.21. The van der Waals surface area contributed by atoms with Crippen LogP contribution in [0, 0.1) is 12.8 Å². The van der Waals surface area contributed by atoms with E-state index in [9.17, 15) is 4.79 Å². The fourth-order valence-corrected chi connectivity index (χ4v) is 4.15. The molecule has 1 saturated carbocycles. The molecule has 2 N–H and O–H groups in total. The molecule has 0 saturated heterocycles. The fraction of sp³-hybridized carbons (Fsp3) is 0.609.